The van der Waals surface area contributed by atoms with Gasteiger partial charge in [-0.25, -0.2) is 27.2 Å². The lowest BCUT2D eigenvalue weighted by Gasteiger charge is -2.34. The molecule has 1 N–H and O–H groups in total. The van der Waals surface area contributed by atoms with E-state index < -0.39 is 57.8 Å². The van der Waals surface area contributed by atoms with Gasteiger partial charge in [0.05, 0.1) is 22.8 Å². The maximum absolute atomic E-state index is 14.6. The SMILES string of the molecule is O=C(NCc1cc(-c2ccc(C(F)(F)F)nc2)ncn1)[C@@H]1[C@@H]2C[C@@H](CC2F)N1S(=O)(=O)c1ccc(F)cc1. The first kappa shape index (κ1) is 26.1. The number of nitrogens with one attached hydrogen (secondary N) is 1. The Balaban J connectivity index is 1.33. The molecule has 200 valence electrons. The first-order valence-electron chi connectivity index (χ1n) is 11.5. The second-order valence-electron chi connectivity index (χ2n) is 9.08. The van der Waals surface area contributed by atoms with E-state index in [1.165, 1.54) is 12.1 Å². The summed E-state index contributed by atoms with van der Waals surface area (Å²) in [5.41, 5.74) is -0.219. The van der Waals surface area contributed by atoms with Crippen LogP contribution in [0.5, 0.6) is 0 Å². The first-order valence-corrected chi connectivity index (χ1v) is 12.9. The van der Waals surface area contributed by atoms with Gasteiger partial charge in [0.1, 0.15) is 30.1 Å². The Labute approximate surface area is 214 Å². The number of piperidine rings is 1. The molecule has 5 rings (SSSR count). The molecule has 0 radical (unpaired) electrons. The number of amides is 1. The summed E-state index contributed by atoms with van der Waals surface area (Å²) in [6, 6.07) is 5.62. The van der Waals surface area contributed by atoms with Gasteiger partial charge in [-0.15, -0.1) is 0 Å². The summed E-state index contributed by atoms with van der Waals surface area (Å²) < 4.78 is 93.9. The third-order valence-corrected chi connectivity index (χ3v) is 8.67. The molecular formula is C24H20F5N5O3S. The average Bonchev–Trinajstić information content (AvgIpc) is 3.45. The number of rotatable bonds is 6. The number of hydrogen-bond acceptors (Lipinski definition) is 6. The normalized spacial score (nSPS) is 23.5. The smallest absolute Gasteiger partial charge is 0.349 e. The fourth-order valence-electron chi connectivity index (χ4n) is 4.97. The predicted octanol–water partition coefficient (Wildman–Crippen LogP) is 3.50. The van der Waals surface area contributed by atoms with Crippen molar-refractivity contribution in [2.24, 2.45) is 5.92 Å². The van der Waals surface area contributed by atoms with Crippen LogP contribution in [0.15, 0.2) is 59.9 Å². The predicted molar refractivity (Wildman–Crippen MR) is 123 cm³/mol. The quantitative estimate of drug-likeness (QED) is 0.469. The van der Waals surface area contributed by atoms with Crippen molar-refractivity contribution in [1.82, 2.24) is 24.6 Å². The minimum atomic E-state index is -4.59. The zero-order valence-corrected chi connectivity index (χ0v) is 20.3. The summed E-state index contributed by atoms with van der Waals surface area (Å²) in [7, 11) is -4.22. The molecule has 1 unspecified atom stereocenters. The van der Waals surface area contributed by atoms with Gasteiger partial charge in [0, 0.05) is 23.7 Å². The molecule has 14 heteroatoms. The third kappa shape index (κ3) is 4.85. The highest BCUT2D eigenvalue weighted by molar-refractivity contribution is 7.89. The first-order chi connectivity index (χ1) is 17.9. The lowest BCUT2D eigenvalue weighted by molar-refractivity contribution is -0.141. The molecule has 38 heavy (non-hydrogen) atoms. The summed E-state index contributed by atoms with van der Waals surface area (Å²) in [6.07, 6.45) is -3.62. The Morgan fingerprint density at radius 2 is 1.79 bits per heavy atom. The van der Waals surface area contributed by atoms with E-state index in [9.17, 15) is 35.2 Å². The van der Waals surface area contributed by atoms with E-state index in [-0.39, 0.29) is 41.2 Å². The Bertz CT molecular complexity index is 1450. The van der Waals surface area contributed by atoms with Crippen molar-refractivity contribution < 1.29 is 35.2 Å². The third-order valence-electron chi connectivity index (χ3n) is 6.72. The van der Waals surface area contributed by atoms with Crippen LogP contribution in [0.2, 0.25) is 0 Å². The largest absolute Gasteiger partial charge is 0.433 e. The minimum absolute atomic E-state index is 0.0364. The lowest BCUT2D eigenvalue weighted by atomic mass is 9.97. The summed E-state index contributed by atoms with van der Waals surface area (Å²) >= 11 is 0. The van der Waals surface area contributed by atoms with Crippen LogP contribution in [0, 0.1) is 11.7 Å². The van der Waals surface area contributed by atoms with Crippen LogP contribution in [0.3, 0.4) is 0 Å². The van der Waals surface area contributed by atoms with E-state index in [0.29, 0.717) is 0 Å². The summed E-state index contributed by atoms with van der Waals surface area (Å²) in [6.45, 7) is -0.169. The van der Waals surface area contributed by atoms with E-state index in [0.717, 1.165) is 47.2 Å². The number of alkyl halides is 4. The number of benzene rings is 1. The Morgan fingerprint density at radius 3 is 2.45 bits per heavy atom. The highest BCUT2D eigenvalue weighted by atomic mass is 32.2. The fraction of sp³-hybridized carbons (Fsp3) is 0.333. The zero-order chi connectivity index (χ0) is 27.2. The van der Waals surface area contributed by atoms with Crippen molar-refractivity contribution in [2.45, 2.75) is 48.7 Å². The minimum Gasteiger partial charge on any atom is -0.349 e. The van der Waals surface area contributed by atoms with Crippen LogP contribution < -0.4 is 5.32 Å². The number of aromatic nitrogens is 3. The molecule has 2 fully saturated rings. The van der Waals surface area contributed by atoms with Gasteiger partial charge in [-0.3, -0.25) is 9.78 Å². The number of pyridine rings is 1. The molecule has 2 aliphatic rings. The number of carbonyl (C=O) groups excluding carboxylic acids is 1. The van der Waals surface area contributed by atoms with Gasteiger partial charge in [0.15, 0.2) is 0 Å². The van der Waals surface area contributed by atoms with Crippen LogP contribution in [0.25, 0.3) is 11.3 Å². The second kappa shape index (κ2) is 9.66. The number of hydrogen-bond donors (Lipinski definition) is 1. The Kier molecular flexibility index (Phi) is 6.63. The molecule has 0 spiro atoms. The van der Waals surface area contributed by atoms with Crippen molar-refractivity contribution in [3.63, 3.8) is 0 Å². The zero-order valence-electron chi connectivity index (χ0n) is 19.4. The molecule has 1 aliphatic carbocycles. The van der Waals surface area contributed by atoms with Crippen molar-refractivity contribution in [3.05, 3.63) is 72.2 Å². The highest BCUT2D eigenvalue weighted by Gasteiger charge is 2.58. The number of halogens is 5. The summed E-state index contributed by atoms with van der Waals surface area (Å²) in [5, 5.41) is 2.59. The fourth-order valence-corrected chi connectivity index (χ4v) is 6.81. The molecule has 1 aromatic carbocycles. The number of fused-ring (bicyclic) bond motifs is 2. The Morgan fingerprint density at radius 1 is 1.05 bits per heavy atom. The van der Waals surface area contributed by atoms with Gasteiger partial charge >= 0.3 is 6.18 Å². The van der Waals surface area contributed by atoms with Gasteiger partial charge in [0.25, 0.3) is 0 Å². The number of carbonyl (C=O) groups is 1. The topological polar surface area (TPSA) is 105 Å². The molecule has 1 saturated carbocycles. The lowest BCUT2D eigenvalue weighted by Crippen LogP contribution is -2.54. The van der Waals surface area contributed by atoms with Crippen molar-refractivity contribution in [1.29, 1.82) is 0 Å². The van der Waals surface area contributed by atoms with Crippen molar-refractivity contribution in [2.75, 3.05) is 0 Å². The van der Waals surface area contributed by atoms with Gasteiger partial charge in [0.2, 0.25) is 15.9 Å². The Hall–Kier alpha value is -3.52. The van der Waals surface area contributed by atoms with E-state index in [1.54, 1.807) is 0 Å². The molecular weight excluding hydrogens is 533 g/mol. The van der Waals surface area contributed by atoms with Crippen LogP contribution >= 0.6 is 0 Å². The van der Waals surface area contributed by atoms with E-state index >= 15 is 0 Å². The van der Waals surface area contributed by atoms with E-state index in [2.05, 4.69) is 20.3 Å². The van der Waals surface area contributed by atoms with E-state index in [4.69, 9.17) is 0 Å². The maximum atomic E-state index is 14.6. The van der Waals surface area contributed by atoms with Gasteiger partial charge in [-0.05, 0) is 55.3 Å². The highest BCUT2D eigenvalue weighted by Crippen LogP contribution is 2.47. The van der Waals surface area contributed by atoms with Gasteiger partial charge in [-0.1, -0.05) is 0 Å². The standard InChI is InChI=1S/C24H20F5N5O3S/c25-14-2-4-17(5-3-14)38(36,37)34-16-8-18(19(26)9-16)22(34)23(35)31-11-15-7-20(33-12-32-15)13-1-6-21(30-10-13)24(27,28)29/h1-7,10,12,16,18-19,22H,8-9,11H2,(H,31,35)/t16-,18+,19?,22-/m0/s1. The molecule has 1 amide bonds. The number of nitrogens with zero attached hydrogens (tertiary/aromatic N) is 4. The molecule has 1 aliphatic heterocycles. The average molecular weight is 554 g/mol. The molecule has 1 saturated heterocycles. The molecule has 2 aromatic heterocycles. The summed E-state index contributed by atoms with van der Waals surface area (Å²) in [5.74, 6) is -2.18. The summed E-state index contributed by atoms with van der Waals surface area (Å²) in [4.78, 5) is 24.4. The van der Waals surface area contributed by atoms with Crippen LogP contribution in [0.1, 0.15) is 24.2 Å². The molecule has 3 heterocycles. The number of sulfonamides is 1. The molecule has 4 atom stereocenters. The van der Waals surface area contributed by atoms with Crippen LogP contribution in [-0.2, 0) is 27.5 Å². The molecule has 2 bridgehead atoms. The molecule has 8 nitrogen and oxygen atoms in total. The second-order valence-corrected chi connectivity index (χ2v) is 10.9. The van der Waals surface area contributed by atoms with E-state index in [1.807, 2.05) is 0 Å². The van der Waals surface area contributed by atoms with Crippen molar-refractivity contribution >= 4 is 15.9 Å². The van der Waals surface area contributed by atoms with Gasteiger partial charge < -0.3 is 5.32 Å². The molecule has 3 aromatic rings. The van der Waals surface area contributed by atoms with Gasteiger partial charge in [-0.2, -0.15) is 17.5 Å². The maximum Gasteiger partial charge on any atom is 0.433 e. The van der Waals surface area contributed by atoms with Crippen LogP contribution in [-0.4, -0.2) is 51.8 Å². The van der Waals surface area contributed by atoms with Crippen molar-refractivity contribution in [3.8, 4) is 11.3 Å². The van der Waals surface area contributed by atoms with Crippen LogP contribution in [0.4, 0.5) is 22.0 Å². The monoisotopic (exact) mass is 553 g/mol.